The van der Waals surface area contributed by atoms with Gasteiger partial charge in [-0.15, -0.1) is 0 Å². The first kappa shape index (κ1) is 15.5. The Balaban J connectivity index is 1.90. The Kier molecular flexibility index (Phi) is 5.17. The Morgan fingerprint density at radius 1 is 1.30 bits per heavy atom. The standard InChI is InChI=1S/C17H26FN2/c1-17(2,19)13-16-5-3-4-11-20(16)12-10-14-6-8-15(18)9-7-14/h6-9,13,16H,3-5,10-12,19H2,1-2H3. The third kappa shape index (κ3) is 4.88. The Labute approximate surface area is 122 Å². The van der Waals surface area contributed by atoms with Gasteiger partial charge >= 0.3 is 0 Å². The number of benzene rings is 1. The van der Waals surface area contributed by atoms with Crippen LogP contribution in [0.25, 0.3) is 0 Å². The lowest BCUT2D eigenvalue weighted by Crippen LogP contribution is -2.47. The second kappa shape index (κ2) is 6.68. The Morgan fingerprint density at radius 2 is 2.00 bits per heavy atom. The molecule has 0 aromatic heterocycles. The van der Waals surface area contributed by atoms with Gasteiger partial charge in [0.2, 0.25) is 0 Å². The molecule has 1 aliphatic rings. The first-order valence-electron chi connectivity index (χ1n) is 7.57. The molecule has 0 aliphatic carbocycles. The molecule has 111 valence electrons. The maximum Gasteiger partial charge on any atom is 0.123 e. The number of nitrogens with zero attached hydrogens (tertiary/aromatic N) is 1. The van der Waals surface area contributed by atoms with Crippen molar-refractivity contribution in [2.24, 2.45) is 5.73 Å². The molecule has 2 nitrogen and oxygen atoms in total. The second-order valence-corrected chi connectivity index (χ2v) is 6.46. The summed E-state index contributed by atoms with van der Waals surface area (Å²) in [6, 6.07) is 7.32. The van der Waals surface area contributed by atoms with E-state index < -0.39 is 0 Å². The van der Waals surface area contributed by atoms with Crippen LogP contribution < -0.4 is 5.73 Å². The fourth-order valence-corrected chi connectivity index (χ4v) is 2.90. The molecule has 1 unspecified atom stereocenters. The highest BCUT2D eigenvalue weighted by Crippen LogP contribution is 2.23. The molecule has 1 radical (unpaired) electrons. The molecule has 20 heavy (non-hydrogen) atoms. The molecule has 1 aromatic rings. The van der Waals surface area contributed by atoms with Crippen LogP contribution in [0, 0.1) is 12.2 Å². The molecule has 2 rings (SSSR count). The van der Waals surface area contributed by atoms with Crippen molar-refractivity contribution < 1.29 is 4.39 Å². The van der Waals surface area contributed by atoms with Crippen LogP contribution in [-0.4, -0.2) is 29.6 Å². The molecule has 1 saturated heterocycles. The SMILES string of the molecule is CC(C)(N)[CH]C1CCCCN1CCc1ccc(F)cc1. The van der Waals surface area contributed by atoms with E-state index in [-0.39, 0.29) is 11.4 Å². The summed E-state index contributed by atoms with van der Waals surface area (Å²) < 4.78 is 12.9. The normalized spacial score (nSPS) is 21.1. The monoisotopic (exact) mass is 277 g/mol. The van der Waals surface area contributed by atoms with Gasteiger partial charge in [-0.3, -0.25) is 4.90 Å². The summed E-state index contributed by atoms with van der Waals surface area (Å²) in [7, 11) is 0. The van der Waals surface area contributed by atoms with Gasteiger partial charge < -0.3 is 5.73 Å². The van der Waals surface area contributed by atoms with Crippen LogP contribution in [0.4, 0.5) is 4.39 Å². The number of hydrogen-bond donors (Lipinski definition) is 1. The predicted molar refractivity (Wildman–Crippen MR) is 81.9 cm³/mol. The minimum atomic E-state index is -0.226. The fourth-order valence-electron chi connectivity index (χ4n) is 2.90. The van der Waals surface area contributed by atoms with Crippen molar-refractivity contribution in [3.63, 3.8) is 0 Å². The number of nitrogens with two attached hydrogens (primary N) is 1. The third-order valence-corrected chi connectivity index (χ3v) is 3.89. The highest BCUT2D eigenvalue weighted by atomic mass is 19.1. The maximum atomic E-state index is 12.9. The molecule has 0 spiro atoms. The van der Waals surface area contributed by atoms with E-state index in [1.807, 2.05) is 12.1 Å². The van der Waals surface area contributed by atoms with Crippen LogP contribution >= 0.6 is 0 Å². The topological polar surface area (TPSA) is 29.3 Å². The zero-order chi connectivity index (χ0) is 14.6. The lowest BCUT2D eigenvalue weighted by Gasteiger charge is -2.38. The van der Waals surface area contributed by atoms with Gasteiger partial charge in [0.05, 0.1) is 0 Å². The van der Waals surface area contributed by atoms with Crippen LogP contribution in [0.2, 0.25) is 0 Å². The van der Waals surface area contributed by atoms with Crippen molar-refractivity contribution in [2.75, 3.05) is 13.1 Å². The lowest BCUT2D eigenvalue weighted by molar-refractivity contribution is 0.160. The van der Waals surface area contributed by atoms with Crippen molar-refractivity contribution in [2.45, 2.75) is 51.1 Å². The molecule has 3 heteroatoms. The van der Waals surface area contributed by atoms with E-state index in [2.05, 4.69) is 25.2 Å². The summed E-state index contributed by atoms with van der Waals surface area (Å²) in [6.07, 6.45) is 6.99. The van der Waals surface area contributed by atoms with Crippen molar-refractivity contribution in [3.8, 4) is 0 Å². The molecule has 1 aliphatic heterocycles. The smallest absolute Gasteiger partial charge is 0.123 e. The van der Waals surface area contributed by atoms with E-state index in [1.165, 1.54) is 37.0 Å². The Hall–Kier alpha value is -0.930. The van der Waals surface area contributed by atoms with Crippen molar-refractivity contribution in [3.05, 3.63) is 42.1 Å². The predicted octanol–water partition coefficient (Wildman–Crippen LogP) is 3.16. The number of halogens is 1. The van der Waals surface area contributed by atoms with Crippen LogP contribution in [0.15, 0.2) is 24.3 Å². The zero-order valence-corrected chi connectivity index (χ0v) is 12.6. The fraction of sp³-hybridized carbons (Fsp3) is 0.588. The molecule has 2 N–H and O–H groups in total. The van der Waals surface area contributed by atoms with Crippen LogP contribution in [0.3, 0.4) is 0 Å². The van der Waals surface area contributed by atoms with Gasteiger partial charge in [0.25, 0.3) is 0 Å². The van der Waals surface area contributed by atoms with Gasteiger partial charge in [-0.05, 0) is 63.8 Å². The number of piperidine rings is 1. The number of rotatable bonds is 5. The van der Waals surface area contributed by atoms with Gasteiger partial charge in [0.1, 0.15) is 5.82 Å². The summed E-state index contributed by atoms with van der Waals surface area (Å²) >= 11 is 0. The van der Waals surface area contributed by atoms with E-state index in [9.17, 15) is 4.39 Å². The minimum Gasteiger partial charge on any atom is -0.325 e. The number of hydrogen-bond acceptors (Lipinski definition) is 2. The average Bonchev–Trinajstić information content (AvgIpc) is 2.38. The van der Waals surface area contributed by atoms with E-state index >= 15 is 0 Å². The summed E-state index contributed by atoms with van der Waals surface area (Å²) in [5, 5.41) is 0. The quantitative estimate of drug-likeness (QED) is 0.895. The molecular formula is C17H26FN2. The van der Waals surface area contributed by atoms with E-state index in [0.717, 1.165) is 19.5 Å². The van der Waals surface area contributed by atoms with E-state index in [4.69, 9.17) is 5.73 Å². The maximum absolute atomic E-state index is 12.9. The van der Waals surface area contributed by atoms with Gasteiger partial charge in [0, 0.05) is 18.1 Å². The summed E-state index contributed by atoms with van der Waals surface area (Å²) in [4.78, 5) is 2.52. The van der Waals surface area contributed by atoms with Gasteiger partial charge in [-0.1, -0.05) is 18.6 Å². The molecule has 1 heterocycles. The van der Waals surface area contributed by atoms with Gasteiger partial charge in [0.15, 0.2) is 0 Å². The summed E-state index contributed by atoms with van der Waals surface area (Å²) in [5.74, 6) is -0.164. The van der Waals surface area contributed by atoms with E-state index in [1.54, 1.807) is 0 Å². The van der Waals surface area contributed by atoms with Crippen LogP contribution in [0.5, 0.6) is 0 Å². The summed E-state index contributed by atoms with van der Waals surface area (Å²) in [6.45, 7) is 6.26. The highest BCUT2D eigenvalue weighted by Gasteiger charge is 2.27. The van der Waals surface area contributed by atoms with Crippen molar-refractivity contribution >= 4 is 0 Å². The largest absolute Gasteiger partial charge is 0.325 e. The number of likely N-dealkylation sites (tertiary alicyclic amines) is 1. The van der Waals surface area contributed by atoms with Gasteiger partial charge in [-0.25, -0.2) is 4.39 Å². The molecule has 1 fully saturated rings. The highest BCUT2D eigenvalue weighted by molar-refractivity contribution is 5.16. The second-order valence-electron chi connectivity index (χ2n) is 6.46. The first-order valence-corrected chi connectivity index (χ1v) is 7.57. The Bertz CT molecular complexity index is 408. The molecule has 0 bridgehead atoms. The Morgan fingerprint density at radius 3 is 2.65 bits per heavy atom. The molecule has 0 saturated carbocycles. The molecular weight excluding hydrogens is 251 g/mol. The molecule has 0 amide bonds. The molecule has 1 aromatic carbocycles. The van der Waals surface area contributed by atoms with Crippen molar-refractivity contribution in [1.82, 2.24) is 4.90 Å². The van der Waals surface area contributed by atoms with Crippen LogP contribution in [-0.2, 0) is 6.42 Å². The van der Waals surface area contributed by atoms with Crippen LogP contribution in [0.1, 0.15) is 38.7 Å². The minimum absolute atomic E-state index is 0.164. The summed E-state index contributed by atoms with van der Waals surface area (Å²) in [5.41, 5.74) is 7.10. The average molecular weight is 277 g/mol. The third-order valence-electron chi connectivity index (χ3n) is 3.89. The lowest BCUT2D eigenvalue weighted by atomic mass is 9.89. The first-order chi connectivity index (χ1) is 9.44. The zero-order valence-electron chi connectivity index (χ0n) is 12.6. The molecule has 1 atom stereocenters. The van der Waals surface area contributed by atoms with Crippen molar-refractivity contribution in [1.29, 1.82) is 0 Å². The van der Waals surface area contributed by atoms with E-state index in [0.29, 0.717) is 6.04 Å². The van der Waals surface area contributed by atoms with Gasteiger partial charge in [-0.2, -0.15) is 0 Å².